The summed E-state index contributed by atoms with van der Waals surface area (Å²) in [6.45, 7) is 6.51. The Hall–Kier alpha value is -1.51. The van der Waals surface area contributed by atoms with Crippen molar-refractivity contribution in [2.45, 2.75) is 20.8 Å². The Bertz CT molecular complexity index is 399. The fraction of sp³-hybridized carbons (Fsp3) is 0.462. The van der Waals surface area contributed by atoms with E-state index >= 15 is 0 Å². The first-order chi connectivity index (χ1) is 7.52. The summed E-state index contributed by atoms with van der Waals surface area (Å²) in [4.78, 5) is 12.5. The van der Waals surface area contributed by atoms with Crippen molar-refractivity contribution >= 4 is 12.0 Å². The molecule has 1 aromatic carbocycles. The van der Waals surface area contributed by atoms with E-state index in [9.17, 15) is 4.79 Å². The Morgan fingerprint density at radius 2 is 1.94 bits per heavy atom. The molecule has 0 radical (unpaired) electrons. The van der Waals surface area contributed by atoms with Gasteiger partial charge >= 0.3 is 0 Å². The highest BCUT2D eigenvalue weighted by Gasteiger charge is 2.15. The number of likely N-dealkylation sites (N-methyl/N-ethyl adjacent to an activating group) is 1. The number of ether oxygens (including phenoxy) is 1. The Balaban J connectivity index is 3.35. The molecule has 0 saturated carbocycles. The zero-order chi connectivity index (χ0) is 12.3. The van der Waals surface area contributed by atoms with Crippen LogP contribution in [0, 0.1) is 20.8 Å². The summed E-state index contributed by atoms with van der Waals surface area (Å²) < 4.78 is 5.45. The van der Waals surface area contributed by atoms with Crippen LogP contribution in [0.1, 0.15) is 16.7 Å². The molecule has 0 N–H and O–H groups in total. The Labute approximate surface area is 97.0 Å². The number of hydrogen-bond donors (Lipinski definition) is 0. The maximum absolute atomic E-state index is 10.6. The quantitative estimate of drug-likeness (QED) is 0.730. The molecule has 3 heteroatoms. The third-order valence-corrected chi connectivity index (χ3v) is 2.89. The molecule has 0 atom stereocenters. The monoisotopic (exact) mass is 221 g/mol. The van der Waals surface area contributed by atoms with Gasteiger partial charge in [0.25, 0.3) is 0 Å². The molecule has 16 heavy (non-hydrogen) atoms. The molecule has 0 aliphatic carbocycles. The highest BCUT2D eigenvalue weighted by molar-refractivity contribution is 5.71. The van der Waals surface area contributed by atoms with Crippen LogP contribution in [0.3, 0.4) is 0 Å². The number of aldehydes is 1. The van der Waals surface area contributed by atoms with Crippen molar-refractivity contribution in [1.29, 1.82) is 0 Å². The van der Waals surface area contributed by atoms with Gasteiger partial charge in [0, 0.05) is 7.05 Å². The maximum Gasteiger partial charge on any atom is 0.145 e. The lowest BCUT2D eigenvalue weighted by Crippen LogP contribution is -2.21. The average Bonchev–Trinajstić information content (AvgIpc) is 2.23. The lowest BCUT2D eigenvalue weighted by Gasteiger charge is -2.24. The number of carbonyl (C=O) groups is 1. The second-order valence-electron chi connectivity index (χ2n) is 4.06. The zero-order valence-corrected chi connectivity index (χ0v) is 10.6. The van der Waals surface area contributed by atoms with Crippen LogP contribution in [0.15, 0.2) is 6.07 Å². The minimum Gasteiger partial charge on any atom is -0.494 e. The van der Waals surface area contributed by atoms with E-state index in [0.717, 1.165) is 28.8 Å². The Kier molecular flexibility index (Phi) is 3.93. The normalized spacial score (nSPS) is 10.1. The summed E-state index contributed by atoms with van der Waals surface area (Å²) in [6, 6.07) is 2.12. The van der Waals surface area contributed by atoms with Gasteiger partial charge in [-0.3, -0.25) is 0 Å². The minimum atomic E-state index is 0.375. The van der Waals surface area contributed by atoms with E-state index in [-0.39, 0.29) is 0 Å². The third-order valence-electron chi connectivity index (χ3n) is 2.89. The van der Waals surface area contributed by atoms with E-state index in [1.807, 2.05) is 25.8 Å². The smallest absolute Gasteiger partial charge is 0.145 e. The van der Waals surface area contributed by atoms with Crippen molar-refractivity contribution < 1.29 is 9.53 Å². The number of hydrogen-bond acceptors (Lipinski definition) is 3. The van der Waals surface area contributed by atoms with Crippen LogP contribution in [0.2, 0.25) is 0 Å². The number of rotatable bonds is 4. The average molecular weight is 221 g/mol. The molecule has 0 amide bonds. The van der Waals surface area contributed by atoms with E-state index in [2.05, 4.69) is 13.0 Å². The van der Waals surface area contributed by atoms with Crippen LogP contribution in [-0.2, 0) is 4.79 Å². The predicted octanol–water partition coefficient (Wildman–Crippen LogP) is 2.26. The van der Waals surface area contributed by atoms with Crippen molar-refractivity contribution in [1.82, 2.24) is 0 Å². The van der Waals surface area contributed by atoms with E-state index in [0.29, 0.717) is 6.54 Å². The molecule has 0 aromatic heterocycles. The number of methoxy groups -OCH3 is 1. The van der Waals surface area contributed by atoms with Gasteiger partial charge in [-0.2, -0.15) is 0 Å². The summed E-state index contributed by atoms with van der Waals surface area (Å²) in [5.74, 6) is 0.863. The minimum absolute atomic E-state index is 0.375. The highest BCUT2D eigenvalue weighted by Crippen LogP contribution is 2.36. The summed E-state index contributed by atoms with van der Waals surface area (Å²) in [5.41, 5.74) is 4.46. The maximum atomic E-state index is 10.6. The van der Waals surface area contributed by atoms with E-state index in [1.165, 1.54) is 5.56 Å². The molecule has 0 spiro atoms. The fourth-order valence-corrected chi connectivity index (χ4v) is 1.96. The molecular weight excluding hydrogens is 202 g/mol. The van der Waals surface area contributed by atoms with Gasteiger partial charge < -0.3 is 14.4 Å². The van der Waals surface area contributed by atoms with Crippen molar-refractivity contribution in [2.75, 3.05) is 25.6 Å². The number of aryl methyl sites for hydroxylation is 2. The zero-order valence-electron chi connectivity index (χ0n) is 10.6. The number of benzene rings is 1. The molecule has 0 unspecified atom stereocenters. The second-order valence-corrected chi connectivity index (χ2v) is 4.06. The molecule has 1 aromatic rings. The first-order valence-electron chi connectivity index (χ1n) is 5.32. The van der Waals surface area contributed by atoms with Crippen molar-refractivity contribution in [3.8, 4) is 5.75 Å². The fourth-order valence-electron chi connectivity index (χ4n) is 1.96. The SMILES string of the molecule is COc1c(C)c(C)cc(C)c1N(C)CC=O. The molecule has 0 aliphatic heterocycles. The summed E-state index contributed by atoms with van der Waals surface area (Å²) in [6.07, 6.45) is 0.897. The van der Waals surface area contributed by atoms with Crippen LogP contribution >= 0.6 is 0 Å². The van der Waals surface area contributed by atoms with Gasteiger partial charge in [-0.05, 0) is 37.5 Å². The molecule has 1 rings (SSSR count). The number of anilines is 1. The first kappa shape index (κ1) is 12.6. The van der Waals surface area contributed by atoms with Gasteiger partial charge in [0.2, 0.25) is 0 Å². The largest absolute Gasteiger partial charge is 0.494 e. The predicted molar refractivity (Wildman–Crippen MR) is 66.5 cm³/mol. The van der Waals surface area contributed by atoms with E-state index in [1.54, 1.807) is 7.11 Å². The van der Waals surface area contributed by atoms with Gasteiger partial charge in [0.1, 0.15) is 12.0 Å². The lowest BCUT2D eigenvalue weighted by molar-refractivity contribution is -0.106. The van der Waals surface area contributed by atoms with Crippen LogP contribution < -0.4 is 9.64 Å². The van der Waals surface area contributed by atoms with Crippen molar-refractivity contribution in [2.24, 2.45) is 0 Å². The number of carbonyl (C=O) groups excluding carboxylic acids is 1. The molecule has 0 heterocycles. The molecular formula is C13H19NO2. The van der Waals surface area contributed by atoms with Crippen LogP contribution in [0.4, 0.5) is 5.69 Å². The Morgan fingerprint density at radius 1 is 1.31 bits per heavy atom. The summed E-state index contributed by atoms with van der Waals surface area (Å²) >= 11 is 0. The van der Waals surface area contributed by atoms with Gasteiger partial charge in [-0.25, -0.2) is 0 Å². The van der Waals surface area contributed by atoms with Gasteiger partial charge in [0.15, 0.2) is 0 Å². The van der Waals surface area contributed by atoms with Gasteiger partial charge in [-0.15, -0.1) is 0 Å². The molecule has 0 fully saturated rings. The van der Waals surface area contributed by atoms with Gasteiger partial charge in [-0.1, -0.05) is 6.07 Å². The van der Waals surface area contributed by atoms with Crippen LogP contribution in [0.5, 0.6) is 5.75 Å². The van der Waals surface area contributed by atoms with Crippen LogP contribution in [-0.4, -0.2) is 27.0 Å². The Morgan fingerprint density at radius 3 is 2.44 bits per heavy atom. The van der Waals surface area contributed by atoms with Crippen molar-refractivity contribution in [3.05, 3.63) is 22.8 Å². The van der Waals surface area contributed by atoms with E-state index < -0.39 is 0 Å². The first-order valence-corrected chi connectivity index (χ1v) is 5.32. The standard InChI is InChI=1S/C13H19NO2/c1-9-8-10(2)12(14(4)6-7-15)13(16-5)11(9)3/h7-8H,6H2,1-5H3. The molecule has 0 aliphatic rings. The van der Waals surface area contributed by atoms with Gasteiger partial charge in [0.05, 0.1) is 19.3 Å². The highest BCUT2D eigenvalue weighted by atomic mass is 16.5. The van der Waals surface area contributed by atoms with Crippen LogP contribution in [0.25, 0.3) is 0 Å². The summed E-state index contributed by atoms with van der Waals surface area (Å²) in [5, 5.41) is 0. The number of nitrogens with zero attached hydrogens (tertiary/aromatic N) is 1. The molecule has 3 nitrogen and oxygen atoms in total. The molecule has 0 saturated heterocycles. The lowest BCUT2D eigenvalue weighted by atomic mass is 10.0. The molecule has 0 bridgehead atoms. The molecule has 88 valence electrons. The topological polar surface area (TPSA) is 29.5 Å². The van der Waals surface area contributed by atoms with Crippen molar-refractivity contribution in [3.63, 3.8) is 0 Å². The second kappa shape index (κ2) is 5.01. The van der Waals surface area contributed by atoms with E-state index in [4.69, 9.17) is 4.74 Å². The third kappa shape index (κ3) is 2.18. The summed E-state index contributed by atoms with van der Waals surface area (Å²) in [7, 11) is 3.56.